The minimum Gasteiger partial charge on any atom is -0.497 e. The average Bonchev–Trinajstić information content (AvgIpc) is 2.40. The second-order valence-electron chi connectivity index (χ2n) is 4.30. The average molecular weight is 292 g/mol. The van der Waals surface area contributed by atoms with E-state index in [0.717, 1.165) is 0 Å². The summed E-state index contributed by atoms with van der Waals surface area (Å²) in [6.07, 6.45) is 1.35. The van der Waals surface area contributed by atoms with Crippen LogP contribution >= 0.6 is 0 Å². The number of hydrogen-bond donors (Lipinski definition) is 2. The predicted octanol–water partition coefficient (Wildman–Crippen LogP) is 2.53. The number of allylic oxidation sites excluding steroid dienone is 1. The van der Waals surface area contributed by atoms with Gasteiger partial charge in [-0.05, 0) is 26.0 Å². The molecule has 1 rings (SSSR count). The van der Waals surface area contributed by atoms with Crippen molar-refractivity contribution in [3.05, 3.63) is 30.0 Å². The smallest absolute Gasteiger partial charge is 0.332 e. The molecule has 0 atom stereocenters. The number of ether oxygens (including phenoxy) is 2. The van der Waals surface area contributed by atoms with Crippen LogP contribution in [0.2, 0.25) is 0 Å². The third-order valence-electron chi connectivity index (χ3n) is 2.49. The van der Waals surface area contributed by atoms with E-state index in [0.29, 0.717) is 29.4 Å². The van der Waals surface area contributed by atoms with Gasteiger partial charge in [0.1, 0.15) is 5.75 Å². The minimum atomic E-state index is -0.425. The highest BCUT2D eigenvalue weighted by Crippen LogP contribution is 2.28. The van der Waals surface area contributed by atoms with Crippen molar-refractivity contribution >= 4 is 23.3 Å². The molecule has 0 fully saturated rings. The summed E-state index contributed by atoms with van der Waals surface area (Å²) >= 11 is 0. The zero-order valence-electron chi connectivity index (χ0n) is 12.6. The van der Waals surface area contributed by atoms with Gasteiger partial charge in [-0.25, -0.2) is 4.79 Å². The van der Waals surface area contributed by atoms with Gasteiger partial charge in [-0.2, -0.15) is 0 Å². The molecule has 1 aromatic carbocycles. The molecule has 0 saturated heterocycles. The van der Waals surface area contributed by atoms with E-state index in [1.165, 1.54) is 13.0 Å². The molecular weight excluding hydrogens is 272 g/mol. The molecule has 21 heavy (non-hydrogen) atoms. The van der Waals surface area contributed by atoms with Crippen LogP contribution in [0.5, 0.6) is 5.75 Å². The standard InChI is InChI=1S/C15H20N2O4/c1-5-21-15(19)8-10(2)16-14-9-12(20-4)6-7-13(14)17-11(3)18/h6-9,16H,5H2,1-4H3,(H,17,18). The molecule has 0 saturated carbocycles. The Labute approximate surface area is 124 Å². The fourth-order valence-corrected chi connectivity index (χ4v) is 1.66. The van der Waals surface area contributed by atoms with Gasteiger partial charge < -0.3 is 20.1 Å². The Balaban J connectivity index is 2.98. The number of benzene rings is 1. The number of rotatable bonds is 6. The zero-order valence-corrected chi connectivity index (χ0v) is 12.6. The summed E-state index contributed by atoms with van der Waals surface area (Å²) in [6, 6.07) is 5.19. The molecule has 0 aliphatic carbocycles. The molecule has 6 nitrogen and oxygen atoms in total. The number of carbonyl (C=O) groups excluding carboxylic acids is 2. The number of carbonyl (C=O) groups is 2. The normalized spacial score (nSPS) is 10.8. The van der Waals surface area contributed by atoms with Gasteiger partial charge in [0.05, 0.1) is 25.1 Å². The summed E-state index contributed by atoms with van der Waals surface area (Å²) in [4.78, 5) is 22.6. The quantitative estimate of drug-likeness (QED) is 0.622. The Morgan fingerprint density at radius 3 is 2.48 bits per heavy atom. The highest BCUT2D eigenvalue weighted by atomic mass is 16.5. The molecule has 0 aromatic heterocycles. The van der Waals surface area contributed by atoms with Crippen molar-refractivity contribution in [3.63, 3.8) is 0 Å². The van der Waals surface area contributed by atoms with Gasteiger partial charge in [0.15, 0.2) is 0 Å². The summed E-state index contributed by atoms with van der Waals surface area (Å²) in [6.45, 7) is 5.22. The Morgan fingerprint density at radius 1 is 1.19 bits per heavy atom. The van der Waals surface area contributed by atoms with E-state index in [1.54, 1.807) is 39.2 Å². The van der Waals surface area contributed by atoms with Crippen molar-refractivity contribution in [1.29, 1.82) is 0 Å². The molecule has 1 amide bonds. The monoisotopic (exact) mass is 292 g/mol. The van der Waals surface area contributed by atoms with Crippen LogP contribution in [0.25, 0.3) is 0 Å². The van der Waals surface area contributed by atoms with Crippen molar-refractivity contribution in [3.8, 4) is 5.75 Å². The molecule has 0 radical (unpaired) electrons. The van der Waals surface area contributed by atoms with E-state index in [-0.39, 0.29) is 5.91 Å². The van der Waals surface area contributed by atoms with Crippen LogP contribution in [0.3, 0.4) is 0 Å². The number of anilines is 2. The highest BCUT2D eigenvalue weighted by Gasteiger charge is 2.07. The number of esters is 1. The molecule has 0 spiro atoms. The number of nitrogens with one attached hydrogen (secondary N) is 2. The Hall–Kier alpha value is -2.50. The largest absolute Gasteiger partial charge is 0.497 e. The van der Waals surface area contributed by atoms with Gasteiger partial charge in [-0.1, -0.05) is 0 Å². The third kappa shape index (κ3) is 5.56. The lowest BCUT2D eigenvalue weighted by Crippen LogP contribution is -2.10. The first-order valence-electron chi connectivity index (χ1n) is 6.54. The molecular formula is C15H20N2O4. The fraction of sp³-hybridized carbons (Fsp3) is 0.333. The van der Waals surface area contributed by atoms with E-state index in [1.807, 2.05) is 0 Å². The topological polar surface area (TPSA) is 76.7 Å². The van der Waals surface area contributed by atoms with Gasteiger partial charge >= 0.3 is 5.97 Å². The van der Waals surface area contributed by atoms with Crippen LogP contribution in [-0.2, 0) is 14.3 Å². The van der Waals surface area contributed by atoms with E-state index in [9.17, 15) is 9.59 Å². The number of amides is 1. The minimum absolute atomic E-state index is 0.185. The van der Waals surface area contributed by atoms with Crippen molar-refractivity contribution in [2.45, 2.75) is 20.8 Å². The lowest BCUT2D eigenvalue weighted by atomic mass is 10.2. The first-order chi connectivity index (χ1) is 9.96. The second kappa shape index (κ2) is 7.94. The molecule has 6 heteroatoms. The van der Waals surface area contributed by atoms with Crippen molar-refractivity contribution in [1.82, 2.24) is 0 Å². The van der Waals surface area contributed by atoms with Gasteiger partial charge in [-0.15, -0.1) is 0 Å². The molecule has 0 bridgehead atoms. The maximum absolute atomic E-state index is 11.4. The fourth-order valence-electron chi connectivity index (χ4n) is 1.66. The van der Waals surface area contributed by atoms with Crippen molar-refractivity contribution in [2.24, 2.45) is 0 Å². The summed E-state index contributed by atoms with van der Waals surface area (Å²) in [5, 5.41) is 5.75. The van der Waals surface area contributed by atoms with Crippen LogP contribution < -0.4 is 15.4 Å². The molecule has 0 aliphatic rings. The zero-order chi connectivity index (χ0) is 15.8. The van der Waals surface area contributed by atoms with Crippen molar-refractivity contribution < 1.29 is 19.1 Å². The molecule has 1 aromatic rings. The Kier molecular flexibility index (Phi) is 6.26. The molecule has 0 aliphatic heterocycles. The van der Waals surface area contributed by atoms with Gasteiger partial charge in [0, 0.05) is 24.8 Å². The van der Waals surface area contributed by atoms with E-state index >= 15 is 0 Å². The van der Waals surface area contributed by atoms with Crippen LogP contribution in [-0.4, -0.2) is 25.6 Å². The number of hydrogen-bond acceptors (Lipinski definition) is 5. The summed E-state index contributed by atoms with van der Waals surface area (Å²) < 4.78 is 9.99. The maximum Gasteiger partial charge on any atom is 0.332 e. The first-order valence-corrected chi connectivity index (χ1v) is 6.54. The Bertz CT molecular complexity index is 553. The predicted molar refractivity (Wildman–Crippen MR) is 81.3 cm³/mol. The molecule has 0 heterocycles. The summed E-state index contributed by atoms with van der Waals surface area (Å²) in [5.41, 5.74) is 1.82. The van der Waals surface area contributed by atoms with E-state index in [4.69, 9.17) is 9.47 Å². The highest BCUT2D eigenvalue weighted by molar-refractivity contribution is 5.93. The summed E-state index contributed by atoms with van der Waals surface area (Å²) in [5.74, 6) is 0.0252. The molecule has 114 valence electrons. The lowest BCUT2D eigenvalue weighted by Gasteiger charge is -2.14. The van der Waals surface area contributed by atoms with Gasteiger partial charge in [-0.3, -0.25) is 4.79 Å². The summed E-state index contributed by atoms with van der Waals surface area (Å²) in [7, 11) is 1.55. The Morgan fingerprint density at radius 2 is 1.90 bits per heavy atom. The van der Waals surface area contributed by atoms with Crippen LogP contribution in [0.4, 0.5) is 11.4 Å². The maximum atomic E-state index is 11.4. The van der Waals surface area contributed by atoms with Crippen LogP contribution in [0, 0.1) is 0 Å². The molecule has 0 unspecified atom stereocenters. The van der Waals surface area contributed by atoms with Gasteiger partial charge in [0.2, 0.25) is 5.91 Å². The second-order valence-corrected chi connectivity index (χ2v) is 4.30. The van der Waals surface area contributed by atoms with E-state index in [2.05, 4.69) is 10.6 Å². The third-order valence-corrected chi connectivity index (χ3v) is 2.49. The van der Waals surface area contributed by atoms with Gasteiger partial charge in [0.25, 0.3) is 0 Å². The van der Waals surface area contributed by atoms with Crippen molar-refractivity contribution in [2.75, 3.05) is 24.4 Å². The SMILES string of the molecule is CCOC(=O)C=C(C)Nc1cc(OC)ccc1NC(C)=O. The van der Waals surface area contributed by atoms with Crippen LogP contribution in [0.1, 0.15) is 20.8 Å². The van der Waals surface area contributed by atoms with E-state index < -0.39 is 5.97 Å². The van der Waals surface area contributed by atoms with Crippen LogP contribution in [0.15, 0.2) is 30.0 Å². The first kappa shape index (κ1) is 16.6. The molecule has 2 N–H and O–H groups in total. The lowest BCUT2D eigenvalue weighted by molar-refractivity contribution is -0.137. The number of methoxy groups -OCH3 is 1.